The van der Waals surface area contributed by atoms with E-state index in [1.165, 1.54) is 29.8 Å². The second kappa shape index (κ2) is 12.4. The molecule has 6 nitrogen and oxygen atoms in total. The first-order valence-electron chi connectivity index (χ1n) is 14.7. The Hall–Kier alpha value is -4.43. The van der Waals surface area contributed by atoms with E-state index in [2.05, 4.69) is 28.9 Å². The minimum Gasteiger partial charge on any atom is -0.490 e. The Labute approximate surface area is 250 Å². The summed E-state index contributed by atoms with van der Waals surface area (Å²) in [4.78, 5) is 28.0. The second-order valence-electron chi connectivity index (χ2n) is 11.2. The van der Waals surface area contributed by atoms with Gasteiger partial charge in [-0.25, -0.2) is 13.8 Å². The summed E-state index contributed by atoms with van der Waals surface area (Å²) in [6, 6.07) is 25.2. The number of aromatic nitrogens is 1. The first kappa shape index (κ1) is 28.7. The number of amidine groups is 1. The normalized spacial score (nSPS) is 19.5. The fourth-order valence-corrected chi connectivity index (χ4v) is 5.92. The number of carbonyl (C=O) groups excluding carboxylic acids is 1. The number of aryl methyl sites for hydroxylation is 1. The number of piperidine rings is 1. The van der Waals surface area contributed by atoms with E-state index in [0.717, 1.165) is 38.2 Å². The van der Waals surface area contributed by atoms with Crippen LogP contribution in [0.25, 0.3) is 0 Å². The lowest BCUT2D eigenvalue weighted by Gasteiger charge is -2.32. The predicted molar refractivity (Wildman–Crippen MR) is 162 cm³/mol. The van der Waals surface area contributed by atoms with Gasteiger partial charge in [-0.15, -0.1) is 0 Å². The highest BCUT2D eigenvalue weighted by Gasteiger charge is 2.51. The zero-order valence-corrected chi connectivity index (χ0v) is 24.1. The minimum absolute atomic E-state index is 0.185. The molecule has 1 fully saturated rings. The summed E-state index contributed by atoms with van der Waals surface area (Å²) in [6.07, 6.45) is 4.42. The molecule has 0 bridgehead atoms. The van der Waals surface area contributed by atoms with Crippen molar-refractivity contribution < 1.29 is 18.3 Å². The molecule has 3 heterocycles. The van der Waals surface area contributed by atoms with E-state index in [0.29, 0.717) is 35.6 Å². The SMILES string of the molecule is Cc1ccc(OC2CCN(CCCN3C(=O)C(c4ccc(F)cc4)(c4cccc(F)c4)N=C3c3ccccn3)CC2)cc1. The monoisotopic (exact) mass is 580 g/mol. The van der Waals surface area contributed by atoms with Crippen LogP contribution in [0.1, 0.15) is 41.6 Å². The fraction of sp³-hybridized carbons (Fsp3) is 0.286. The first-order valence-corrected chi connectivity index (χ1v) is 14.7. The number of likely N-dealkylation sites (tertiary alicyclic amines) is 1. The van der Waals surface area contributed by atoms with Crippen LogP contribution in [0.5, 0.6) is 5.75 Å². The maximum atomic E-state index is 14.5. The Morgan fingerprint density at radius 1 is 0.860 bits per heavy atom. The molecule has 43 heavy (non-hydrogen) atoms. The van der Waals surface area contributed by atoms with Gasteiger partial charge in [0, 0.05) is 25.8 Å². The van der Waals surface area contributed by atoms with Crippen molar-refractivity contribution in [3.05, 3.63) is 131 Å². The average Bonchev–Trinajstić information content (AvgIpc) is 3.32. The number of hydrogen-bond acceptors (Lipinski definition) is 5. The Balaban J connectivity index is 1.20. The molecular formula is C35H34F2N4O2. The third kappa shape index (κ3) is 6.06. The molecule has 1 unspecified atom stereocenters. The highest BCUT2D eigenvalue weighted by atomic mass is 19.1. The molecule has 2 aliphatic heterocycles. The van der Waals surface area contributed by atoms with Gasteiger partial charge in [0.15, 0.2) is 11.4 Å². The molecular weight excluding hydrogens is 546 g/mol. The summed E-state index contributed by atoms with van der Waals surface area (Å²) >= 11 is 0. The van der Waals surface area contributed by atoms with Gasteiger partial charge in [0.2, 0.25) is 0 Å². The van der Waals surface area contributed by atoms with Crippen molar-refractivity contribution in [2.24, 2.45) is 4.99 Å². The topological polar surface area (TPSA) is 58.0 Å². The zero-order chi connectivity index (χ0) is 29.8. The standard InChI is InChI=1S/C35H34F2N4O2/c1-25-9-15-30(16-10-25)43-31-17-22-40(23-18-31)20-5-21-41-33(32-8-2-3-19-38-32)39-35(34(41)42,26-11-13-28(36)14-12-26)27-6-4-7-29(37)24-27/h2-4,6-16,19,24,31H,5,17-18,20-23H2,1H3. The van der Waals surface area contributed by atoms with Crippen molar-refractivity contribution in [3.63, 3.8) is 0 Å². The molecule has 3 aromatic carbocycles. The lowest BCUT2D eigenvalue weighted by molar-refractivity contribution is -0.130. The number of pyridine rings is 1. The van der Waals surface area contributed by atoms with Crippen LogP contribution < -0.4 is 4.74 Å². The summed E-state index contributed by atoms with van der Waals surface area (Å²) in [6.45, 7) is 5.10. The Morgan fingerprint density at radius 2 is 1.63 bits per heavy atom. The molecule has 220 valence electrons. The van der Waals surface area contributed by atoms with E-state index in [4.69, 9.17) is 9.73 Å². The van der Waals surface area contributed by atoms with Crippen LogP contribution in [-0.4, -0.2) is 58.8 Å². The third-order valence-electron chi connectivity index (χ3n) is 8.20. The molecule has 6 rings (SSSR count). The minimum atomic E-state index is -1.56. The lowest BCUT2D eigenvalue weighted by Crippen LogP contribution is -2.44. The van der Waals surface area contributed by atoms with E-state index < -0.39 is 17.2 Å². The fourth-order valence-electron chi connectivity index (χ4n) is 5.92. The molecule has 1 saturated heterocycles. The van der Waals surface area contributed by atoms with Crippen molar-refractivity contribution in [1.82, 2.24) is 14.8 Å². The van der Waals surface area contributed by atoms with Crippen LogP contribution in [0.4, 0.5) is 8.78 Å². The van der Waals surface area contributed by atoms with Crippen LogP contribution >= 0.6 is 0 Å². The second-order valence-corrected chi connectivity index (χ2v) is 11.2. The van der Waals surface area contributed by atoms with Gasteiger partial charge in [0.1, 0.15) is 29.2 Å². The molecule has 8 heteroatoms. The first-order chi connectivity index (χ1) is 20.9. The van der Waals surface area contributed by atoms with Gasteiger partial charge in [-0.1, -0.05) is 48.0 Å². The number of ether oxygens (including phenoxy) is 1. The highest BCUT2D eigenvalue weighted by molar-refractivity contribution is 6.16. The summed E-state index contributed by atoms with van der Waals surface area (Å²) in [5.74, 6) is 0.109. The van der Waals surface area contributed by atoms with E-state index in [9.17, 15) is 13.6 Å². The molecule has 1 amide bonds. The Kier molecular flexibility index (Phi) is 8.29. The van der Waals surface area contributed by atoms with Crippen LogP contribution in [0.15, 0.2) is 102 Å². The lowest BCUT2D eigenvalue weighted by atomic mass is 9.82. The van der Waals surface area contributed by atoms with Crippen LogP contribution in [0.2, 0.25) is 0 Å². The van der Waals surface area contributed by atoms with Crippen LogP contribution in [0.3, 0.4) is 0 Å². The van der Waals surface area contributed by atoms with E-state index in [1.54, 1.807) is 41.4 Å². The summed E-state index contributed by atoms with van der Waals surface area (Å²) in [7, 11) is 0. The molecule has 0 radical (unpaired) electrons. The van der Waals surface area contributed by atoms with Crippen molar-refractivity contribution in [3.8, 4) is 5.75 Å². The molecule has 1 aromatic heterocycles. The number of benzene rings is 3. The number of nitrogens with zero attached hydrogens (tertiary/aromatic N) is 4. The van der Waals surface area contributed by atoms with E-state index in [1.807, 2.05) is 24.3 Å². The van der Waals surface area contributed by atoms with Crippen molar-refractivity contribution >= 4 is 11.7 Å². The summed E-state index contributed by atoms with van der Waals surface area (Å²) in [5.41, 5.74) is 1.05. The molecule has 0 aliphatic carbocycles. The molecule has 4 aromatic rings. The third-order valence-corrected chi connectivity index (χ3v) is 8.20. The molecule has 2 aliphatic rings. The highest BCUT2D eigenvalue weighted by Crippen LogP contribution is 2.41. The van der Waals surface area contributed by atoms with Crippen molar-refractivity contribution in [2.45, 2.75) is 37.8 Å². The number of amides is 1. The van der Waals surface area contributed by atoms with Crippen molar-refractivity contribution in [2.75, 3.05) is 26.2 Å². The van der Waals surface area contributed by atoms with Crippen LogP contribution in [0, 0.1) is 18.6 Å². The predicted octanol–water partition coefficient (Wildman–Crippen LogP) is 6.13. The van der Waals surface area contributed by atoms with Gasteiger partial charge >= 0.3 is 0 Å². The Bertz CT molecular complexity index is 1590. The molecule has 0 saturated carbocycles. The summed E-state index contributed by atoms with van der Waals surface area (Å²) in [5, 5.41) is 0. The van der Waals surface area contributed by atoms with Gasteiger partial charge in [-0.05, 0) is 92.4 Å². The largest absolute Gasteiger partial charge is 0.490 e. The maximum absolute atomic E-state index is 14.5. The Morgan fingerprint density at radius 3 is 2.33 bits per heavy atom. The number of rotatable bonds is 9. The van der Waals surface area contributed by atoms with Gasteiger partial charge in [-0.2, -0.15) is 0 Å². The maximum Gasteiger partial charge on any atom is 0.265 e. The van der Waals surface area contributed by atoms with Crippen molar-refractivity contribution in [1.29, 1.82) is 0 Å². The number of hydrogen-bond donors (Lipinski definition) is 0. The average molecular weight is 581 g/mol. The van der Waals surface area contributed by atoms with Gasteiger partial charge < -0.3 is 9.64 Å². The van der Waals surface area contributed by atoms with Gasteiger partial charge in [0.25, 0.3) is 5.91 Å². The number of carbonyl (C=O) groups is 1. The molecule has 0 N–H and O–H groups in total. The van der Waals surface area contributed by atoms with Crippen LogP contribution in [-0.2, 0) is 10.3 Å². The van der Waals surface area contributed by atoms with E-state index >= 15 is 0 Å². The smallest absolute Gasteiger partial charge is 0.265 e. The number of halogens is 2. The number of aliphatic imine (C=N–C) groups is 1. The zero-order valence-electron chi connectivity index (χ0n) is 24.1. The molecule has 0 spiro atoms. The van der Waals surface area contributed by atoms with E-state index in [-0.39, 0.29) is 12.0 Å². The summed E-state index contributed by atoms with van der Waals surface area (Å²) < 4.78 is 34.7. The quantitative estimate of drug-likeness (QED) is 0.239. The van der Waals surface area contributed by atoms with Gasteiger partial charge in [-0.3, -0.25) is 14.7 Å². The van der Waals surface area contributed by atoms with Gasteiger partial charge in [0.05, 0.1) is 0 Å². The molecule has 1 atom stereocenters.